The quantitative estimate of drug-likeness (QED) is 0.639. The van der Waals surface area contributed by atoms with Gasteiger partial charge >= 0.3 is 0 Å². The van der Waals surface area contributed by atoms with Crippen LogP contribution in [0.3, 0.4) is 0 Å². The van der Waals surface area contributed by atoms with Crippen LogP contribution in [0.5, 0.6) is 5.75 Å². The van der Waals surface area contributed by atoms with Gasteiger partial charge in [0.25, 0.3) is 0 Å². The SMILES string of the molecule is CCOc1ccc(-c2noc(CN3CC[C@@H](Cc4cnn(C)c4)C3)n2)cc1. The summed E-state index contributed by atoms with van der Waals surface area (Å²) in [6.45, 7) is 5.44. The van der Waals surface area contributed by atoms with E-state index in [-0.39, 0.29) is 0 Å². The summed E-state index contributed by atoms with van der Waals surface area (Å²) in [6.07, 6.45) is 6.33. The van der Waals surface area contributed by atoms with Gasteiger partial charge in [0, 0.05) is 25.4 Å². The molecule has 1 aliphatic rings. The number of aryl methyl sites for hydroxylation is 1. The normalized spacial score (nSPS) is 17.5. The Morgan fingerprint density at radius 1 is 1.26 bits per heavy atom. The van der Waals surface area contributed by atoms with Crippen LogP contribution in [0, 0.1) is 5.92 Å². The van der Waals surface area contributed by atoms with Crippen LogP contribution in [0.4, 0.5) is 0 Å². The van der Waals surface area contributed by atoms with E-state index in [9.17, 15) is 0 Å². The molecule has 1 fully saturated rings. The number of hydrogen-bond donors (Lipinski definition) is 0. The molecule has 2 aromatic heterocycles. The van der Waals surface area contributed by atoms with Crippen molar-refractivity contribution >= 4 is 0 Å². The van der Waals surface area contributed by atoms with E-state index in [1.165, 1.54) is 12.0 Å². The molecule has 142 valence electrons. The van der Waals surface area contributed by atoms with Gasteiger partial charge in [-0.2, -0.15) is 10.1 Å². The van der Waals surface area contributed by atoms with Crippen molar-refractivity contribution in [3.8, 4) is 17.1 Å². The van der Waals surface area contributed by atoms with Gasteiger partial charge in [-0.3, -0.25) is 9.58 Å². The van der Waals surface area contributed by atoms with Crippen molar-refractivity contribution in [1.82, 2.24) is 24.8 Å². The molecule has 3 heterocycles. The summed E-state index contributed by atoms with van der Waals surface area (Å²) in [6, 6.07) is 7.77. The standard InChI is InChI=1S/C20H25N5O2/c1-3-26-18-6-4-17(5-7-18)20-22-19(27-23-20)14-25-9-8-15(13-25)10-16-11-21-24(2)12-16/h4-7,11-12,15H,3,8-10,13-14H2,1-2H3/t15-/m0/s1. The minimum Gasteiger partial charge on any atom is -0.494 e. The molecule has 27 heavy (non-hydrogen) atoms. The van der Waals surface area contributed by atoms with Crippen LogP contribution in [0.25, 0.3) is 11.4 Å². The van der Waals surface area contributed by atoms with Gasteiger partial charge in [-0.25, -0.2) is 0 Å². The second kappa shape index (κ2) is 7.92. The second-order valence-corrected chi connectivity index (χ2v) is 7.09. The Kier molecular flexibility index (Phi) is 5.20. The number of likely N-dealkylation sites (tertiary alicyclic amines) is 1. The highest BCUT2D eigenvalue weighted by atomic mass is 16.5. The number of nitrogens with zero attached hydrogens (tertiary/aromatic N) is 5. The first-order valence-electron chi connectivity index (χ1n) is 9.45. The smallest absolute Gasteiger partial charge is 0.241 e. The largest absolute Gasteiger partial charge is 0.494 e. The number of hydrogen-bond acceptors (Lipinski definition) is 6. The van der Waals surface area contributed by atoms with Gasteiger partial charge in [-0.15, -0.1) is 0 Å². The van der Waals surface area contributed by atoms with E-state index in [4.69, 9.17) is 9.26 Å². The van der Waals surface area contributed by atoms with Crippen LogP contribution in [0.15, 0.2) is 41.2 Å². The van der Waals surface area contributed by atoms with E-state index in [0.717, 1.165) is 30.8 Å². The molecule has 1 aromatic carbocycles. The van der Waals surface area contributed by atoms with Crippen molar-refractivity contribution in [2.45, 2.75) is 26.3 Å². The Bertz CT molecular complexity index is 871. The molecule has 1 saturated heterocycles. The molecule has 1 atom stereocenters. The number of benzene rings is 1. The zero-order valence-electron chi connectivity index (χ0n) is 15.8. The van der Waals surface area contributed by atoms with Gasteiger partial charge in [0.1, 0.15) is 5.75 Å². The van der Waals surface area contributed by atoms with Crippen molar-refractivity contribution < 1.29 is 9.26 Å². The lowest BCUT2D eigenvalue weighted by molar-refractivity contribution is 0.260. The Balaban J connectivity index is 1.33. The lowest BCUT2D eigenvalue weighted by atomic mass is 10.0. The first-order chi connectivity index (χ1) is 13.2. The van der Waals surface area contributed by atoms with Crippen molar-refractivity contribution in [2.24, 2.45) is 13.0 Å². The summed E-state index contributed by atoms with van der Waals surface area (Å²) in [5, 5.41) is 8.38. The van der Waals surface area contributed by atoms with Crippen molar-refractivity contribution in [3.05, 3.63) is 48.1 Å². The highest BCUT2D eigenvalue weighted by Gasteiger charge is 2.24. The third kappa shape index (κ3) is 4.36. The molecule has 0 N–H and O–H groups in total. The molecule has 7 heteroatoms. The molecule has 3 aromatic rings. The molecule has 0 unspecified atom stereocenters. The highest BCUT2D eigenvalue weighted by Crippen LogP contribution is 2.24. The fraction of sp³-hybridized carbons (Fsp3) is 0.450. The lowest BCUT2D eigenvalue weighted by Crippen LogP contribution is -2.20. The first-order valence-corrected chi connectivity index (χ1v) is 9.45. The summed E-state index contributed by atoms with van der Waals surface area (Å²) < 4.78 is 12.8. The minimum atomic E-state index is 0.624. The molecular weight excluding hydrogens is 342 g/mol. The summed E-state index contributed by atoms with van der Waals surface area (Å²) in [5.74, 6) is 2.80. The van der Waals surface area contributed by atoms with Crippen molar-refractivity contribution in [3.63, 3.8) is 0 Å². The van der Waals surface area contributed by atoms with Gasteiger partial charge in [-0.1, -0.05) is 5.16 Å². The zero-order chi connectivity index (χ0) is 18.6. The van der Waals surface area contributed by atoms with Crippen LogP contribution >= 0.6 is 0 Å². The predicted octanol–water partition coefficient (Wildman–Crippen LogP) is 2.93. The van der Waals surface area contributed by atoms with Crippen molar-refractivity contribution in [1.29, 1.82) is 0 Å². The molecule has 0 aliphatic carbocycles. The number of ether oxygens (including phenoxy) is 1. The van der Waals surface area contributed by atoms with E-state index in [0.29, 0.717) is 30.8 Å². The van der Waals surface area contributed by atoms with Crippen LogP contribution in [-0.4, -0.2) is 44.5 Å². The topological polar surface area (TPSA) is 69.2 Å². The van der Waals surface area contributed by atoms with Gasteiger partial charge in [0.2, 0.25) is 11.7 Å². The molecule has 7 nitrogen and oxygen atoms in total. The van der Waals surface area contributed by atoms with E-state index < -0.39 is 0 Å². The van der Waals surface area contributed by atoms with Crippen LogP contribution in [0.2, 0.25) is 0 Å². The third-order valence-corrected chi connectivity index (χ3v) is 4.90. The maximum Gasteiger partial charge on any atom is 0.241 e. The molecule has 0 amide bonds. The van der Waals surface area contributed by atoms with E-state index >= 15 is 0 Å². The molecule has 0 bridgehead atoms. The van der Waals surface area contributed by atoms with E-state index in [2.05, 4.69) is 26.3 Å². The summed E-state index contributed by atoms with van der Waals surface area (Å²) in [7, 11) is 1.96. The fourth-order valence-corrected chi connectivity index (χ4v) is 3.63. The van der Waals surface area contributed by atoms with Crippen LogP contribution in [0.1, 0.15) is 24.8 Å². The maximum atomic E-state index is 5.47. The number of rotatable bonds is 7. The Morgan fingerprint density at radius 3 is 2.85 bits per heavy atom. The summed E-state index contributed by atoms with van der Waals surface area (Å²) in [4.78, 5) is 6.94. The van der Waals surface area contributed by atoms with Gasteiger partial charge in [-0.05, 0) is 62.1 Å². The molecule has 4 rings (SSSR count). The lowest BCUT2D eigenvalue weighted by Gasteiger charge is -2.12. The Hall–Kier alpha value is -2.67. The first kappa shape index (κ1) is 17.7. The van der Waals surface area contributed by atoms with Crippen LogP contribution < -0.4 is 4.74 Å². The predicted molar refractivity (Wildman–Crippen MR) is 101 cm³/mol. The summed E-state index contributed by atoms with van der Waals surface area (Å²) >= 11 is 0. The Morgan fingerprint density at radius 2 is 2.11 bits per heavy atom. The average Bonchev–Trinajstić information content (AvgIpc) is 3.39. The van der Waals surface area contributed by atoms with Gasteiger partial charge < -0.3 is 9.26 Å². The van der Waals surface area contributed by atoms with Crippen LogP contribution in [-0.2, 0) is 20.0 Å². The monoisotopic (exact) mass is 367 g/mol. The molecule has 1 aliphatic heterocycles. The van der Waals surface area contributed by atoms with E-state index in [1.54, 1.807) is 0 Å². The fourth-order valence-electron chi connectivity index (χ4n) is 3.63. The minimum absolute atomic E-state index is 0.624. The third-order valence-electron chi connectivity index (χ3n) is 4.90. The van der Waals surface area contributed by atoms with Gasteiger partial charge in [0.15, 0.2) is 0 Å². The molecule has 0 saturated carbocycles. The number of aromatic nitrogens is 4. The molecule has 0 spiro atoms. The highest BCUT2D eigenvalue weighted by molar-refractivity contribution is 5.55. The molecule has 0 radical (unpaired) electrons. The Labute approximate surface area is 158 Å². The van der Waals surface area contributed by atoms with Crippen molar-refractivity contribution in [2.75, 3.05) is 19.7 Å². The van der Waals surface area contributed by atoms with E-state index in [1.807, 2.05) is 49.1 Å². The average molecular weight is 367 g/mol. The maximum absolute atomic E-state index is 5.47. The molecular formula is C20H25N5O2. The second-order valence-electron chi connectivity index (χ2n) is 7.09. The van der Waals surface area contributed by atoms with Gasteiger partial charge in [0.05, 0.1) is 19.3 Å². The zero-order valence-corrected chi connectivity index (χ0v) is 15.8. The summed E-state index contributed by atoms with van der Waals surface area (Å²) in [5.41, 5.74) is 2.24.